The number of benzene rings is 1. The van der Waals surface area contributed by atoms with Crippen molar-refractivity contribution in [3.63, 3.8) is 0 Å². The lowest BCUT2D eigenvalue weighted by Crippen LogP contribution is -2.35. The van der Waals surface area contributed by atoms with Gasteiger partial charge in [0.15, 0.2) is 11.3 Å². The highest BCUT2D eigenvalue weighted by molar-refractivity contribution is 5.96. The second-order valence-electron chi connectivity index (χ2n) is 8.36. The number of amides is 1. The Labute approximate surface area is 203 Å². The molecule has 0 aliphatic carbocycles. The largest absolute Gasteiger partial charge is 0.493 e. The molecule has 1 N–H and O–H groups in total. The van der Waals surface area contributed by atoms with Gasteiger partial charge in [-0.2, -0.15) is 15.0 Å². The van der Waals surface area contributed by atoms with E-state index in [9.17, 15) is 14.7 Å². The predicted octanol–water partition coefficient (Wildman–Crippen LogP) is 2.72. The van der Waals surface area contributed by atoms with Crippen LogP contribution in [0.2, 0.25) is 0 Å². The van der Waals surface area contributed by atoms with Gasteiger partial charge < -0.3 is 19.5 Å². The van der Waals surface area contributed by atoms with Gasteiger partial charge in [0.1, 0.15) is 12.2 Å². The lowest BCUT2D eigenvalue weighted by atomic mass is 9.99. The fourth-order valence-electron chi connectivity index (χ4n) is 4.42. The molecule has 1 saturated heterocycles. The van der Waals surface area contributed by atoms with Gasteiger partial charge in [0.25, 0.3) is 11.5 Å². The van der Waals surface area contributed by atoms with Crippen LogP contribution in [0.25, 0.3) is 5.69 Å². The van der Waals surface area contributed by atoms with Crippen molar-refractivity contribution in [3.05, 3.63) is 64.0 Å². The van der Waals surface area contributed by atoms with Crippen molar-refractivity contribution in [2.24, 2.45) is 0 Å². The molecule has 2 aromatic heterocycles. The van der Waals surface area contributed by atoms with Crippen LogP contribution in [-0.2, 0) is 6.42 Å². The molecular formula is C25H29N5O5. The molecule has 0 radical (unpaired) electrons. The number of nitrogens with zero attached hydrogens (tertiary/aromatic N) is 5. The van der Waals surface area contributed by atoms with Crippen LogP contribution in [0, 0.1) is 0 Å². The quantitative estimate of drug-likeness (QED) is 0.524. The van der Waals surface area contributed by atoms with Gasteiger partial charge in [-0.15, -0.1) is 0 Å². The van der Waals surface area contributed by atoms with Gasteiger partial charge in [-0.05, 0) is 18.4 Å². The molecule has 10 heteroatoms. The van der Waals surface area contributed by atoms with Crippen molar-refractivity contribution in [1.82, 2.24) is 24.4 Å². The van der Waals surface area contributed by atoms with Gasteiger partial charge in [-0.1, -0.05) is 43.7 Å². The number of aromatic hydroxyl groups is 1. The van der Waals surface area contributed by atoms with E-state index in [1.807, 2.05) is 37.3 Å². The summed E-state index contributed by atoms with van der Waals surface area (Å²) in [5.74, 6) is -0.456. The molecule has 1 fully saturated rings. The lowest BCUT2D eigenvalue weighted by molar-refractivity contribution is 0.0784. The number of unbranched alkanes of at least 4 members (excludes halogenated alkanes) is 1. The Balaban J connectivity index is 1.80. The second kappa shape index (κ2) is 10.5. The third-order valence-corrected chi connectivity index (χ3v) is 6.22. The molecule has 1 aliphatic heterocycles. The van der Waals surface area contributed by atoms with Gasteiger partial charge in [-0.3, -0.25) is 14.2 Å². The van der Waals surface area contributed by atoms with E-state index in [-0.39, 0.29) is 29.2 Å². The number of aryl methyl sites for hydroxylation is 1. The summed E-state index contributed by atoms with van der Waals surface area (Å²) in [6.07, 6.45) is 3.96. The summed E-state index contributed by atoms with van der Waals surface area (Å²) in [5, 5.41) is 11.4. The van der Waals surface area contributed by atoms with E-state index in [1.165, 1.54) is 25.1 Å². The molecule has 3 aromatic rings. The summed E-state index contributed by atoms with van der Waals surface area (Å²) in [6, 6.07) is 9.93. The average Bonchev–Trinajstić information content (AvgIpc) is 3.38. The highest BCUT2D eigenvalue weighted by Crippen LogP contribution is 2.35. The molecule has 1 aliphatic rings. The molecule has 1 aromatic carbocycles. The molecule has 1 amide bonds. The van der Waals surface area contributed by atoms with Crippen LogP contribution in [0.15, 0.2) is 41.5 Å². The number of carbonyl (C=O) groups excluding carboxylic acids is 1. The second-order valence-corrected chi connectivity index (χ2v) is 8.36. The van der Waals surface area contributed by atoms with Crippen LogP contribution in [-0.4, -0.2) is 62.7 Å². The maximum Gasteiger partial charge on any atom is 0.289 e. The van der Waals surface area contributed by atoms with Crippen LogP contribution in [0.5, 0.6) is 17.6 Å². The van der Waals surface area contributed by atoms with Crippen molar-refractivity contribution >= 4 is 5.91 Å². The highest BCUT2D eigenvalue weighted by Gasteiger charge is 2.34. The Morgan fingerprint density at radius 2 is 1.83 bits per heavy atom. The number of carbonyl (C=O) groups is 1. The molecule has 0 bridgehead atoms. The first-order valence-electron chi connectivity index (χ1n) is 11.6. The zero-order valence-corrected chi connectivity index (χ0v) is 20.1. The first kappa shape index (κ1) is 24.2. The van der Waals surface area contributed by atoms with Crippen molar-refractivity contribution in [2.45, 2.75) is 38.5 Å². The minimum atomic E-state index is -0.771. The maximum absolute atomic E-state index is 13.5. The number of likely N-dealkylation sites (tertiary alicyclic amines) is 1. The average molecular weight is 480 g/mol. The number of hydrogen-bond donors (Lipinski definition) is 1. The van der Waals surface area contributed by atoms with Crippen LogP contribution >= 0.6 is 0 Å². The smallest absolute Gasteiger partial charge is 0.289 e. The Kier molecular flexibility index (Phi) is 7.28. The van der Waals surface area contributed by atoms with Crippen LogP contribution < -0.4 is 15.0 Å². The third kappa shape index (κ3) is 4.68. The number of rotatable bonds is 8. The zero-order valence-electron chi connectivity index (χ0n) is 20.1. The van der Waals surface area contributed by atoms with Crippen molar-refractivity contribution in [3.8, 4) is 23.3 Å². The minimum Gasteiger partial charge on any atom is -0.493 e. The molecule has 1 atom stereocenters. The van der Waals surface area contributed by atoms with E-state index in [0.29, 0.717) is 25.9 Å². The lowest BCUT2D eigenvalue weighted by Gasteiger charge is -2.21. The van der Waals surface area contributed by atoms with E-state index in [4.69, 9.17) is 9.47 Å². The van der Waals surface area contributed by atoms with Crippen molar-refractivity contribution < 1.29 is 19.4 Å². The zero-order chi connectivity index (χ0) is 24.9. The first-order valence-corrected chi connectivity index (χ1v) is 11.6. The van der Waals surface area contributed by atoms with Crippen molar-refractivity contribution in [1.29, 1.82) is 0 Å². The van der Waals surface area contributed by atoms with Crippen LogP contribution in [0.3, 0.4) is 0 Å². The number of methoxy groups -OCH3 is 2. The molecule has 0 saturated carbocycles. The number of hydrogen-bond acceptors (Lipinski definition) is 8. The molecule has 184 valence electrons. The maximum atomic E-state index is 13.5. The molecule has 0 spiro atoms. The van der Waals surface area contributed by atoms with Crippen LogP contribution in [0.1, 0.15) is 53.8 Å². The molecule has 10 nitrogen and oxygen atoms in total. The SMILES string of the molecule is CCCCc1nc(=O)c(C(=O)N2CCC(c3ccccc3)C2)c(O)n1-c1c(OC)ncnc1OC. The number of aromatic nitrogens is 4. The van der Waals surface area contributed by atoms with Gasteiger partial charge in [-0.25, -0.2) is 0 Å². The van der Waals surface area contributed by atoms with Gasteiger partial charge in [0.05, 0.1) is 14.2 Å². The van der Waals surface area contributed by atoms with Gasteiger partial charge in [0, 0.05) is 25.4 Å². The van der Waals surface area contributed by atoms with E-state index < -0.39 is 22.9 Å². The third-order valence-electron chi connectivity index (χ3n) is 6.22. The Morgan fingerprint density at radius 1 is 1.14 bits per heavy atom. The standard InChI is InChI=1S/C25H29N5O5/c1-4-5-11-18-28-21(31)19(24(32)29-13-12-17(14-29)16-9-7-6-8-10-16)25(33)30(18)20-22(34-2)26-15-27-23(20)35-3/h6-10,15,17,33H,4-5,11-14H2,1-3H3. The Morgan fingerprint density at radius 3 is 2.46 bits per heavy atom. The fraction of sp³-hybridized carbons (Fsp3) is 0.400. The molecule has 1 unspecified atom stereocenters. The van der Waals surface area contributed by atoms with Gasteiger partial charge >= 0.3 is 0 Å². The summed E-state index contributed by atoms with van der Waals surface area (Å²) < 4.78 is 12.1. The van der Waals surface area contributed by atoms with E-state index >= 15 is 0 Å². The van der Waals surface area contributed by atoms with E-state index in [2.05, 4.69) is 15.0 Å². The van der Waals surface area contributed by atoms with E-state index in [1.54, 1.807) is 4.90 Å². The minimum absolute atomic E-state index is 0.110. The first-order chi connectivity index (χ1) is 17.0. The van der Waals surface area contributed by atoms with Crippen molar-refractivity contribution in [2.75, 3.05) is 27.3 Å². The molecular weight excluding hydrogens is 450 g/mol. The molecule has 4 rings (SSSR count). The fourth-order valence-corrected chi connectivity index (χ4v) is 4.42. The predicted molar refractivity (Wildman–Crippen MR) is 129 cm³/mol. The summed E-state index contributed by atoms with van der Waals surface area (Å²) in [6.45, 7) is 2.92. The highest BCUT2D eigenvalue weighted by atomic mass is 16.5. The molecule has 3 heterocycles. The Hall–Kier alpha value is -3.95. The van der Waals surface area contributed by atoms with E-state index in [0.717, 1.165) is 18.4 Å². The van der Waals surface area contributed by atoms with Crippen LogP contribution in [0.4, 0.5) is 0 Å². The molecule has 35 heavy (non-hydrogen) atoms. The monoisotopic (exact) mass is 479 g/mol. The summed E-state index contributed by atoms with van der Waals surface area (Å²) in [5.41, 5.74) is 0.138. The topological polar surface area (TPSA) is 120 Å². The van der Waals surface area contributed by atoms with Gasteiger partial charge in [0.2, 0.25) is 17.6 Å². The normalized spacial score (nSPS) is 15.3. The Bertz CT molecular complexity index is 1240. The summed E-state index contributed by atoms with van der Waals surface area (Å²) >= 11 is 0. The summed E-state index contributed by atoms with van der Waals surface area (Å²) in [4.78, 5) is 40.6. The summed E-state index contributed by atoms with van der Waals surface area (Å²) in [7, 11) is 2.84. The number of ether oxygens (including phenoxy) is 2.